The minimum absolute atomic E-state index is 0.284. The number of anilines is 1. The van der Waals surface area contributed by atoms with Crippen molar-refractivity contribution >= 4 is 39.0 Å². The first-order valence-electron chi connectivity index (χ1n) is 9.15. The zero-order chi connectivity index (χ0) is 19.7. The number of thiophene rings is 1. The third kappa shape index (κ3) is 3.73. The van der Waals surface area contributed by atoms with Gasteiger partial charge in [-0.2, -0.15) is 4.98 Å². The zero-order valence-corrected chi connectivity index (χ0v) is 17.7. The molecular weight excluding hydrogens is 388 g/mol. The predicted octanol–water partition coefficient (Wildman–Crippen LogP) is 5.70. The lowest BCUT2D eigenvalue weighted by Crippen LogP contribution is -2.22. The fraction of sp³-hybridized carbons (Fsp3) is 0.227. The smallest absolute Gasteiger partial charge is 0.225 e. The molecule has 0 amide bonds. The van der Waals surface area contributed by atoms with Crippen molar-refractivity contribution in [2.24, 2.45) is 0 Å². The summed E-state index contributed by atoms with van der Waals surface area (Å²) in [5, 5.41) is 3.50. The van der Waals surface area contributed by atoms with E-state index in [1.54, 1.807) is 11.3 Å². The summed E-state index contributed by atoms with van der Waals surface area (Å²) in [6.07, 6.45) is 4.56. The van der Waals surface area contributed by atoms with Crippen LogP contribution in [0.2, 0.25) is 5.28 Å². The van der Waals surface area contributed by atoms with E-state index in [9.17, 15) is 0 Å². The summed E-state index contributed by atoms with van der Waals surface area (Å²) >= 11 is 7.84. The fourth-order valence-corrected chi connectivity index (χ4v) is 4.40. The third-order valence-corrected chi connectivity index (χ3v) is 6.09. The summed E-state index contributed by atoms with van der Waals surface area (Å²) in [5.41, 5.74) is 6.16. The molecule has 4 aromatic rings. The number of halogens is 1. The molecule has 0 saturated heterocycles. The van der Waals surface area contributed by atoms with Crippen LogP contribution >= 0.6 is 22.9 Å². The molecule has 0 N–H and O–H groups in total. The van der Waals surface area contributed by atoms with E-state index in [1.807, 2.05) is 24.5 Å². The molecule has 142 valence electrons. The molecule has 0 unspecified atom stereocenters. The number of benzene rings is 1. The highest BCUT2D eigenvalue weighted by Crippen LogP contribution is 2.39. The predicted molar refractivity (Wildman–Crippen MR) is 119 cm³/mol. The lowest BCUT2D eigenvalue weighted by atomic mass is 10.0. The first-order chi connectivity index (χ1) is 13.5. The van der Waals surface area contributed by atoms with Crippen LogP contribution in [-0.2, 0) is 6.42 Å². The van der Waals surface area contributed by atoms with Gasteiger partial charge in [0.2, 0.25) is 5.28 Å². The maximum absolute atomic E-state index is 6.24. The summed E-state index contributed by atoms with van der Waals surface area (Å²) in [6, 6.07) is 10.6. The number of hydrogen-bond acceptors (Lipinski definition) is 5. The van der Waals surface area contributed by atoms with Crippen LogP contribution in [0.15, 0.2) is 48.1 Å². The molecule has 0 aliphatic rings. The van der Waals surface area contributed by atoms with Crippen LogP contribution in [0, 0.1) is 13.8 Å². The normalized spacial score (nSPS) is 11.1. The fourth-order valence-electron chi connectivity index (χ4n) is 3.25. The molecule has 3 heterocycles. The average Bonchev–Trinajstić information content (AvgIpc) is 3.12. The SMILES string of the molecule is Cc1ccc(-c2csc3nc(Cl)nc(N(C)CCc4ccncc4)c23)cc1C. The van der Waals surface area contributed by atoms with Crippen LogP contribution in [0.25, 0.3) is 21.3 Å². The number of aryl methyl sites for hydroxylation is 2. The van der Waals surface area contributed by atoms with Gasteiger partial charge in [0, 0.05) is 36.9 Å². The van der Waals surface area contributed by atoms with E-state index >= 15 is 0 Å². The summed E-state index contributed by atoms with van der Waals surface area (Å²) in [7, 11) is 2.06. The standard InChI is InChI=1S/C22H21ClN4S/c1-14-4-5-17(12-15(14)2)18-13-28-21-19(18)20(25-22(23)26-21)27(3)11-8-16-6-9-24-10-7-16/h4-7,9-10,12-13H,8,11H2,1-3H3. The van der Waals surface area contributed by atoms with Crippen molar-refractivity contribution in [1.82, 2.24) is 15.0 Å². The second-order valence-corrected chi connectivity index (χ2v) is 8.17. The van der Waals surface area contributed by atoms with Crippen molar-refractivity contribution in [3.05, 3.63) is 70.1 Å². The summed E-state index contributed by atoms with van der Waals surface area (Å²) in [4.78, 5) is 16.2. The molecule has 0 atom stereocenters. The molecule has 0 aliphatic heterocycles. The van der Waals surface area contributed by atoms with Crippen LogP contribution in [0.5, 0.6) is 0 Å². The first kappa shape index (κ1) is 18.8. The van der Waals surface area contributed by atoms with Crippen LogP contribution < -0.4 is 4.90 Å². The molecule has 1 aromatic carbocycles. The van der Waals surface area contributed by atoms with E-state index in [0.717, 1.165) is 34.6 Å². The van der Waals surface area contributed by atoms with E-state index in [1.165, 1.54) is 22.3 Å². The van der Waals surface area contributed by atoms with Gasteiger partial charge in [0.05, 0.1) is 5.39 Å². The number of likely N-dealkylation sites (N-methyl/N-ethyl adjacent to an activating group) is 1. The number of hydrogen-bond donors (Lipinski definition) is 0. The van der Waals surface area contributed by atoms with Gasteiger partial charge in [-0.05, 0) is 66.3 Å². The Labute approximate surface area is 173 Å². The van der Waals surface area contributed by atoms with Crippen molar-refractivity contribution < 1.29 is 0 Å². The van der Waals surface area contributed by atoms with Gasteiger partial charge in [0.1, 0.15) is 10.6 Å². The second-order valence-electron chi connectivity index (χ2n) is 6.97. The minimum Gasteiger partial charge on any atom is -0.359 e. The lowest BCUT2D eigenvalue weighted by molar-refractivity contribution is 0.861. The van der Waals surface area contributed by atoms with E-state index in [4.69, 9.17) is 11.6 Å². The highest BCUT2D eigenvalue weighted by atomic mass is 35.5. The Morgan fingerprint density at radius 1 is 1.04 bits per heavy atom. The summed E-state index contributed by atoms with van der Waals surface area (Å²) < 4.78 is 0. The maximum Gasteiger partial charge on any atom is 0.225 e. The number of pyridine rings is 1. The van der Waals surface area contributed by atoms with Gasteiger partial charge >= 0.3 is 0 Å². The molecule has 6 heteroatoms. The van der Waals surface area contributed by atoms with Gasteiger partial charge in [-0.25, -0.2) is 4.98 Å². The van der Waals surface area contributed by atoms with Gasteiger partial charge in [-0.1, -0.05) is 18.2 Å². The number of nitrogens with zero attached hydrogens (tertiary/aromatic N) is 4. The highest BCUT2D eigenvalue weighted by Gasteiger charge is 2.18. The Bertz CT molecular complexity index is 1120. The average molecular weight is 409 g/mol. The maximum atomic E-state index is 6.24. The second kappa shape index (κ2) is 7.86. The molecule has 0 aliphatic carbocycles. The Hall–Kier alpha value is -2.50. The van der Waals surface area contributed by atoms with Crippen LogP contribution in [0.3, 0.4) is 0 Å². The van der Waals surface area contributed by atoms with Crippen molar-refractivity contribution in [1.29, 1.82) is 0 Å². The van der Waals surface area contributed by atoms with Crippen LogP contribution in [-0.4, -0.2) is 28.5 Å². The lowest BCUT2D eigenvalue weighted by Gasteiger charge is -2.20. The topological polar surface area (TPSA) is 41.9 Å². The van der Waals surface area contributed by atoms with Crippen LogP contribution in [0.4, 0.5) is 5.82 Å². The largest absolute Gasteiger partial charge is 0.359 e. The summed E-state index contributed by atoms with van der Waals surface area (Å²) in [5.74, 6) is 0.874. The van der Waals surface area contributed by atoms with Crippen molar-refractivity contribution in [3.8, 4) is 11.1 Å². The third-order valence-electron chi connectivity index (χ3n) is 5.05. The monoisotopic (exact) mass is 408 g/mol. The molecule has 28 heavy (non-hydrogen) atoms. The minimum atomic E-state index is 0.284. The van der Waals surface area contributed by atoms with Gasteiger partial charge in [0.25, 0.3) is 0 Å². The quantitative estimate of drug-likeness (QED) is 0.397. The van der Waals surface area contributed by atoms with Crippen LogP contribution in [0.1, 0.15) is 16.7 Å². The summed E-state index contributed by atoms with van der Waals surface area (Å²) in [6.45, 7) is 5.10. The molecule has 0 saturated carbocycles. The number of aromatic nitrogens is 3. The van der Waals surface area contributed by atoms with Gasteiger partial charge in [-0.3, -0.25) is 4.98 Å². The van der Waals surface area contributed by atoms with Gasteiger partial charge in [0.15, 0.2) is 0 Å². The molecule has 0 radical (unpaired) electrons. The first-order valence-corrected chi connectivity index (χ1v) is 10.4. The Balaban J connectivity index is 1.74. The number of fused-ring (bicyclic) bond motifs is 1. The zero-order valence-electron chi connectivity index (χ0n) is 16.1. The molecule has 0 bridgehead atoms. The number of rotatable bonds is 5. The molecule has 4 rings (SSSR count). The van der Waals surface area contributed by atoms with E-state index in [-0.39, 0.29) is 5.28 Å². The Kier molecular flexibility index (Phi) is 5.29. The van der Waals surface area contributed by atoms with Crippen molar-refractivity contribution in [2.75, 3.05) is 18.5 Å². The molecule has 0 spiro atoms. The van der Waals surface area contributed by atoms with E-state index < -0.39 is 0 Å². The molecule has 4 nitrogen and oxygen atoms in total. The molecule has 3 aromatic heterocycles. The van der Waals surface area contributed by atoms with E-state index in [0.29, 0.717) is 0 Å². The molecular formula is C22H21ClN4S. The van der Waals surface area contributed by atoms with Crippen molar-refractivity contribution in [3.63, 3.8) is 0 Å². The molecule has 0 fully saturated rings. The Morgan fingerprint density at radius 2 is 1.82 bits per heavy atom. The van der Waals surface area contributed by atoms with Gasteiger partial charge in [-0.15, -0.1) is 11.3 Å². The van der Waals surface area contributed by atoms with Gasteiger partial charge < -0.3 is 4.90 Å². The Morgan fingerprint density at radius 3 is 2.57 bits per heavy atom. The van der Waals surface area contributed by atoms with E-state index in [2.05, 4.69) is 64.3 Å². The van der Waals surface area contributed by atoms with Crippen molar-refractivity contribution in [2.45, 2.75) is 20.3 Å². The highest BCUT2D eigenvalue weighted by molar-refractivity contribution is 7.17.